The highest BCUT2D eigenvalue weighted by Gasteiger charge is 2.60. The molecule has 0 spiro atoms. The molecule has 0 radical (unpaired) electrons. The number of nitrogens with one attached hydrogen (secondary N) is 1. The van der Waals surface area contributed by atoms with Gasteiger partial charge in [0.25, 0.3) is 0 Å². The molecule has 5 saturated carbocycles. The van der Waals surface area contributed by atoms with Crippen LogP contribution in [0.1, 0.15) is 51.4 Å². The monoisotopic (exact) mass is 267 g/mol. The minimum atomic E-state index is -0.0965. The van der Waals surface area contributed by atoms with Crippen molar-refractivity contribution >= 4 is 17.5 Å². The second-order valence-corrected chi connectivity index (χ2v) is 8.35. The van der Waals surface area contributed by atoms with Gasteiger partial charge in [-0.25, -0.2) is 0 Å². The van der Waals surface area contributed by atoms with Gasteiger partial charge >= 0.3 is 0 Å². The molecule has 0 aromatic carbocycles. The minimum absolute atomic E-state index is 0.0407. The van der Waals surface area contributed by atoms with Crippen molar-refractivity contribution < 1.29 is 4.79 Å². The van der Waals surface area contributed by atoms with Crippen LogP contribution in [-0.4, -0.2) is 17.3 Å². The summed E-state index contributed by atoms with van der Waals surface area (Å²) in [5.41, 5.74) is -0.0965. The highest BCUT2D eigenvalue weighted by Crippen LogP contribution is 2.63. The summed E-state index contributed by atoms with van der Waals surface area (Å²) in [4.78, 5) is 12.6. The molecule has 18 heavy (non-hydrogen) atoms. The lowest BCUT2D eigenvalue weighted by Gasteiger charge is -2.59. The van der Waals surface area contributed by atoms with E-state index < -0.39 is 0 Å². The van der Waals surface area contributed by atoms with Crippen molar-refractivity contribution in [1.82, 2.24) is 5.32 Å². The molecule has 1 amide bonds. The first-order valence-corrected chi connectivity index (χ1v) is 7.92. The third-order valence-corrected chi connectivity index (χ3v) is 6.16. The predicted octanol–water partition coefficient (Wildman–Crippen LogP) is 3.09. The molecule has 0 aromatic heterocycles. The first-order chi connectivity index (χ1) is 8.57. The number of halogens is 1. The summed E-state index contributed by atoms with van der Waals surface area (Å²) in [6.07, 6.45) is 9.39. The van der Waals surface area contributed by atoms with Gasteiger partial charge in [0.05, 0.1) is 5.41 Å². The van der Waals surface area contributed by atoms with E-state index >= 15 is 0 Å². The second-order valence-electron chi connectivity index (χ2n) is 7.55. The lowest BCUT2D eigenvalue weighted by atomic mass is 9.49. The number of hydrogen-bond donors (Lipinski definition) is 1. The molecule has 2 unspecified atom stereocenters. The Kier molecular flexibility index (Phi) is 2.35. The molecule has 3 heteroatoms. The molecule has 0 heterocycles. The topological polar surface area (TPSA) is 29.1 Å². The van der Waals surface area contributed by atoms with Crippen molar-refractivity contribution in [2.45, 2.75) is 56.2 Å². The number of carbonyl (C=O) groups excluding carboxylic acids is 1. The molecule has 2 nitrogen and oxygen atoms in total. The van der Waals surface area contributed by atoms with E-state index in [0.29, 0.717) is 5.91 Å². The third kappa shape index (κ3) is 1.79. The maximum atomic E-state index is 12.6. The van der Waals surface area contributed by atoms with Crippen molar-refractivity contribution in [2.75, 3.05) is 6.54 Å². The molecule has 0 aliphatic heterocycles. The fraction of sp³-hybridized carbons (Fsp3) is 0.933. The van der Waals surface area contributed by atoms with E-state index in [2.05, 4.69) is 5.32 Å². The number of amides is 1. The molecule has 4 bridgehead atoms. The Balaban J connectivity index is 1.53. The standard InChI is InChI=1S/C15H22ClNO/c16-15-6-11-3-12(7-15)5-14(4-11,9-15)13(18)17-8-10-1-2-10/h10-12H,1-9H2,(H,17,18). The molecule has 0 saturated heterocycles. The van der Waals surface area contributed by atoms with Crippen LogP contribution in [0.15, 0.2) is 0 Å². The molecule has 0 aromatic rings. The fourth-order valence-corrected chi connectivity index (χ4v) is 5.86. The second kappa shape index (κ2) is 3.65. The van der Waals surface area contributed by atoms with Crippen LogP contribution in [0.25, 0.3) is 0 Å². The van der Waals surface area contributed by atoms with Crippen LogP contribution >= 0.6 is 11.6 Å². The van der Waals surface area contributed by atoms with Gasteiger partial charge in [-0.2, -0.15) is 0 Å². The summed E-state index contributed by atoms with van der Waals surface area (Å²) in [7, 11) is 0. The molecule has 1 N–H and O–H groups in total. The van der Waals surface area contributed by atoms with Crippen LogP contribution < -0.4 is 5.32 Å². The molecule has 5 aliphatic rings. The summed E-state index contributed by atoms with van der Waals surface area (Å²) in [6, 6.07) is 0. The van der Waals surface area contributed by atoms with Gasteiger partial charge in [-0.15, -0.1) is 11.6 Å². The first kappa shape index (κ1) is 11.6. The Bertz CT molecular complexity index is 376. The lowest BCUT2D eigenvalue weighted by Crippen LogP contribution is -2.58. The van der Waals surface area contributed by atoms with Crippen LogP contribution in [0.3, 0.4) is 0 Å². The minimum Gasteiger partial charge on any atom is -0.355 e. The van der Waals surface area contributed by atoms with Gasteiger partial charge in [-0.3, -0.25) is 4.79 Å². The summed E-state index contributed by atoms with van der Waals surface area (Å²) in [5, 5.41) is 3.22. The maximum Gasteiger partial charge on any atom is 0.226 e. The van der Waals surface area contributed by atoms with E-state index in [1.54, 1.807) is 0 Å². The van der Waals surface area contributed by atoms with E-state index in [1.165, 1.54) is 19.3 Å². The smallest absolute Gasteiger partial charge is 0.226 e. The van der Waals surface area contributed by atoms with Gasteiger partial charge in [0.2, 0.25) is 5.91 Å². The molecule has 2 atom stereocenters. The molecule has 5 aliphatic carbocycles. The van der Waals surface area contributed by atoms with Crippen molar-refractivity contribution in [1.29, 1.82) is 0 Å². The Morgan fingerprint density at radius 2 is 1.83 bits per heavy atom. The third-order valence-electron chi connectivity index (χ3n) is 5.72. The van der Waals surface area contributed by atoms with Crippen LogP contribution in [0.4, 0.5) is 0 Å². The highest BCUT2D eigenvalue weighted by atomic mass is 35.5. The van der Waals surface area contributed by atoms with Crippen molar-refractivity contribution in [3.05, 3.63) is 0 Å². The molecular weight excluding hydrogens is 246 g/mol. The predicted molar refractivity (Wildman–Crippen MR) is 71.4 cm³/mol. The van der Waals surface area contributed by atoms with Crippen molar-refractivity contribution in [2.24, 2.45) is 23.2 Å². The van der Waals surface area contributed by atoms with Gasteiger partial charge < -0.3 is 5.32 Å². The zero-order chi connectivity index (χ0) is 12.4. The van der Waals surface area contributed by atoms with E-state index in [4.69, 9.17) is 11.6 Å². The van der Waals surface area contributed by atoms with Gasteiger partial charge in [0.1, 0.15) is 0 Å². The zero-order valence-electron chi connectivity index (χ0n) is 10.9. The largest absolute Gasteiger partial charge is 0.355 e. The van der Waals surface area contributed by atoms with Gasteiger partial charge in [-0.05, 0) is 69.1 Å². The van der Waals surface area contributed by atoms with Gasteiger partial charge in [0, 0.05) is 11.4 Å². The number of alkyl halides is 1. The van der Waals surface area contributed by atoms with Crippen molar-refractivity contribution in [3.63, 3.8) is 0 Å². The molecular formula is C15H22ClNO. The number of hydrogen-bond acceptors (Lipinski definition) is 1. The van der Waals surface area contributed by atoms with Crippen LogP contribution in [0.5, 0.6) is 0 Å². The Labute approximate surface area is 114 Å². The average Bonchev–Trinajstić information content (AvgIpc) is 3.05. The molecule has 100 valence electrons. The summed E-state index contributed by atoms with van der Waals surface area (Å²) >= 11 is 6.76. The Hall–Kier alpha value is -0.240. The van der Waals surface area contributed by atoms with Crippen molar-refractivity contribution in [3.8, 4) is 0 Å². The quantitative estimate of drug-likeness (QED) is 0.783. The van der Waals surface area contributed by atoms with E-state index in [9.17, 15) is 4.79 Å². The zero-order valence-corrected chi connectivity index (χ0v) is 11.6. The molecule has 5 rings (SSSR count). The fourth-order valence-electron chi connectivity index (χ4n) is 5.16. The summed E-state index contributed by atoms with van der Waals surface area (Å²) < 4.78 is 0. The average molecular weight is 268 g/mol. The first-order valence-electron chi connectivity index (χ1n) is 7.54. The number of rotatable bonds is 3. The van der Waals surface area contributed by atoms with E-state index in [0.717, 1.165) is 56.4 Å². The SMILES string of the molecule is O=C(NCC1CC1)C12CC3CC(CC(Cl)(C3)C1)C2. The summed E-state index contributed by atoms with van der Waals surface area (Å²) in [5.74, 6) is 2.53. The van der Waals surface area contributed by atoms with E-state index in [-0.39, 0.29) is 10.3 Å². The van der Waals surface area contributed by atoms with E-state index in [1.807, 2.05) is 0 Å². The lowest BCUT2D eigenvalue weighted by molar-refractivity contribution is -0.144. The Morgan fingerprint density at radius 3 is 2.39 bits per heavy atom. The highest BCUT2D eigenvalue weighted by molar-refractivity contribution is 6.24. The normalized spacial score (nSPS) is 49.4. The van der Waals surface area contributed by atoms with Gasteiger partial charge in [-0.1, -0.05) is 0 Å². The van der Waals surface area contributed by atoms with Gasteiger partial charge in [0.15, 0.2) is 0 Å². The summed E-state index contributed by atoms with van der Waals surface area (Å²) in [6.45, 7) is 0.908. The molecule has 5 fully saturated rings. The number of carbonyl (C=O) groups is 1. The Morgan fingerprint density at radius 1 is 1.17 bits per heavy atom. The van der Waals surface area contributed by atoms with Crippen LogP contribution in [0, 0.1) is 23.2 Å². The van der Waals surface area contributed by atoms with Crippen LogP contribution in [-0.2, 0) is 4.79 Å². The maximum absolute atomic E-state index is 12.6. The van der Waals surface area contributed by atoms with Crippen LogP contribution in [0.2, 0.25) is 0 Å².